The van der Waals surface area contributed by atoms with Crippen LogP contribution in [0.25, 0.3) is 77.9 Å². The molecule has 0 amide bonds. The number of aromatic nitrogens is 3. The van der Waals surface area contributed by atoms with E-state index in [1.165, 1.54) is 5.56 Å². The fourth-order valence-corrected chi connectivity index (χ4v) is 7.69. The monoisotopic (exact) mass is 930 g/mol. The molecule has 0 spiro atoms. The minimum absolute atomic E-state index is 0. The summed E-state index contributed by atoms with van der Waals surface area (Å²) in [4.78, 5) is 4.91. The first-order chi connectivity index (χ1) is 27.9. The molecule has 7 aromatic carbocycles. The molecule has 3 aromatic heterocycles. The maximum absolute atomic E-state index is 6.38. The number of hydrogen-bond acceptors (Lipinski definition) is 3. The van der Waals surface area contributed by atoms with Crippen molar-refractivity contribution < 1.29 is 34.8 Å². The van der Waals surface area contributed by atoms with Gasteiger partial charge in [-0.25, -0.2) is 0 Å². The van der Waals surface area contributed by atoms with Crippen molar-refractivity contribution in [2.24, 2.45) is 0 Å². The van der Waals surface area contributed by atoms with Crippen molar-refractivity contribution in [1.29, 1.82) is 0 Å². The summed E-state index contributed by atoms with van der Waals surface area (Å²) in [5.41, 5.74) is 12.9. The summed E-state index contributed by atoms with van der Waals surface area (Å²) in [7, 11) is 0. The van der Waals surface area contributed by atoms with Crippen molar-refractivity contribution in [3.63, 3.8) is 0 Å². The van der Waals surface area contributed by atoms with Gasteiger partial charge in [-0.3, -0.25) is 9.55 Å². The quantitative estimate of drug-likeness (QED) is 0.118. The third kappa shape index (κ3) is 6.72. The Labute approximate surface area is 352 Å². The van der Waals surface area contributed by atoms with Crippen molar-refractivity contribution in [2.75, 3.05) is 0 Å². The van der Waals surface area contributed by atoms with Crippen molar-refractivity contribution >= 4 is 33.0 Å². The molecule has 0 saturated heterocycles. The Kier molecular flexibility index (Phi) is 9.63. The summed E-state index contributed by atoms with van der Waals surface area (Å²) in [6.07, 6.45) is 5.69. The summed E-state index contributed by atoms with van der Waals surface area (Å²) in [5, 5.41) is 2.06. The second kappa shape index (κ2) is 15.1. The molecule has 0 aliphatic heterocycles. The van der Waals surface area contributed by atoms with Crippen LogP contribution in [0.3, 0.4) is 0 Å². The molecule has 5 nitrogen and oxygen atoms in total. The van der Waals surface area contributed by atoms with Crippen LogP contribution in [0.2, 0.25) is 0 Å². The van der Waals surface area contributed by atoms with Gasteiger partial charge in [0.2, 0.25) is 0 Å². The number of ether oxygens (including phenoxy) is 1. The zero-order valence-corrected chi connectivity index (χ0v) is 34.4. The standard InChI is InChI=1S/C52H37N3O2.Pt/c1-52(2,3)36-29-30-53-46(31-36)42-20-8-7-19-41(42)45-23-14-22-40(35-15-5-4-6-16-35)51(45)55-34-54(47-24-10-11-25-48(47)55)37-17-13-18-38(32-37)56-39-27-28-44-43-21-9-12-26-49(43)57-50(44)33-39;/h4-26,28-31,33H,1-3H3;/q-2;. The van der Waals surface area contributed by atoms with Crippen LogP contribution in [-0.4, -0.2) is 9.55 Å². The molecule has 0 aliphatic carbocycles. The Bertz CT molecular complexity index is 3100. The SMILES string of the molecule is CC(C)(C)c1ccnc(-c2ccccc2-c2cccc(-c3ccccc3)c2-[n+]2[c-]n(-c3[c-]c(Oc4[c-]cc5c(c4)oc4ccccc45)ccc3)c3ccccc32)c1.[Pt]. The summed E-state index contributed by atoms with van der Waals surface area (Å²) in [6, 6.07) is 62.9. The predicted octanol–water partition coefficient (Wildman–Crippen LogP) is 12.7. The van der Waals surface area contributed by atoms with Gasteiger partial charge in [0.25, 0.3) is 6.33 Å². The Morgan fingerprint density at radius 3 is 2.22 bits per heavy atom. The van der Waals surface area contributed by atoms with E-state index in [1.807, 2.05) is 54.7 Å². The average molecular weight is 931 g/mol. The number of imidazole rings is 1. The van der Waals surface area contributed by atoms with Crippen LogP contribution < -0.4 is 9.30 Å². The van der Waals surface area contributed by atoms with Crippen LogP contribution in [0.5, 0.6) is 11.5 Å². The van der Waals surface area contributed by atoms with Crippen LogP contribution in [-0.2, 0) is 26.5 Å². The molecule has 0 saturated carbocycles. The van der Waals surface area contributed by atoms with Crippen molar-refractivity contribution in [3.8, 4) is 56.4 Å². The molecule has 284 valence electrons. The van der Waals surface area contributed by atoms with Gasteiger partial charge in [0, 0.05) is 49.9 Å². The predicted molar refractivity (Wildman–Crippen MR) is 228 cm³/mol. The third-order valence-electron chi connectivity index (χ3n) is 10.5. The number of rotatable bonds is 7. The number of nitrogens with zero attached hydrogens (tertiary/aromatic N) is 3. The normalized spacial score (nSPS) is 11.6. The maximum Gasteiger partial charge on any atom is 0.268 e. The minimum atomic E-state index is -0.0165. The molecule has 0 unspecified atom stereocenters. The number of fused-ring (bicyclic) bond motifs is 4. The molecular weight excluding hydrogens is 894 g/mol. The van der Waals surface area contributed by atoms with Crippen LogP contribution >= 0.6 is 0 Å². The van der Waals surface area contributed by atoms with E-state index in [0.717, 1.165) is 77.9 Å². The van der Waals surface area contributed by atoms with Crippen molar-refractivity contribution in [2.45, 2.75) is 26.2 Å². The zero-order chi connectivity index (χ0) is 38.5. The van der Waals surface area contributed by atoms with Gasteiger partial charge in [0.15, 0.2) is 0 Å². The second-order valence-corrected chi connectivity index (χ2v) is 15.2. The molecule has 6 heteroatoms. The number of para-hydroxylation sites is 4. The maximum atomic E-state index is 6.38. The van der Waals surface area contributed by atoms with E-state index in [1.54, 1.807) is 0 Å². The summed E-state index contributed by atoms with van der Waals surface area (Å²) in [5.74, 6) is 1.11. The minimum Gasteiger partial charge on any atom is -0.510 e. The fraction of sp³-hybridized carbons (Fsp3) is 0.0769. The van der Waals surface area contributed by atoms with E-state index in [-0.39, 0.29) is 26.5 Å². The van der Waals surface area contributed by atoms with Gasteiger partial charge < -0.3 is 13.7 Å². The topological polar surface area (TPSA) is 44.1 Å². The Morgan fingerprint density at radius 1 is 0.638 bits per heavy atom. The van der Waals surface area contributed by atoms with Gasteiger partial charge in [-0.05, 0) is 62.5 Å². The Morgan fingerprint density at radius 2 is 1.36 bits per heavy atom. The summed E-state index contributed by atoms with van der Waals surface area (Å²) >= 11 is 0. The number of hydrogen-bond donors (Lipinski definition) is 0. The Balaban J connectivity index is 0.00000436. The fourth-order valence-electron chi connectivity index (χ4n) is 7.69. The summed E-state index contributed by atoms with van der Waals surface area (Å²) in [6.45, 7) is 6.71. The van der Waals surface area contributed by atoms with Crippen LogP contribution in [0.1, 0.15) is 26.3 Å². The van der Waals surface area contributed by atoms with E-state index < -0.39 is 0 Å². The smallest absolute Gasteiger partial charge is 0.268 e. The van der Waals surface area contributed by atoms with E-state index in [2.05, 4.69) is 164 Å². The van der Waals surface area contributed by atoms with Gasteiger partial charge >= 0.3 is 0 Å². The van der Waals surface area contributed by atoms with Gasteiger partial charge in [0.05, 0.1) is 22.4 Å². The van der Waals surface area contributed by atoms with Crippen molar-refractivity contribution in [1.82, 2.24) is 9.55 Å². The van der Waals surface area contributed by atoms with Gasteiger partial charge in [0.1, 0.15) is 5.58 Å². The molecule has 0 atom stereocenters. The first-order valence-corrected chi connectivity index (χ1v) is 19.1. The van der Waals surface area contributed by atoms with Gasteiger partial charge in [-0.1, -0.05) is 147 Å². The Hall–Kier alpha value is -6.55. The molecule has 0 N–H and O–H groups in total. The first kappa shape index (κ1) is 37.0. The van der Waals surface area contributed by atoms with Crippen LogP contribution in [0.15, 0.2) is 174 Å². The molecule has 0 bridgehead atoms. The molecular formula is C52H37N3O2Pt-2. The number of furan rings is 1. The average Bonchev–Trinajstić information content (AvgIpc) is 3.82. The molecule has 10 rings (SSSR count). The molecule has 0 aliphatic rings. The van der Waals surface area contributed by atoms with Gasteiger partial charge in [-0.15, -0.1) is 18.2 Å². The van der Waals surface area contributed by atoms with E-state index in [9.17, 15) is 0 Å². The number of benzene rings is 7. The second-order valence-electron chi connectivity index (χ2n) is 15.2. The molecule has 0 radical (unpaired) electrons. The molecule has 0 fully saturated rings. The van der Waals surface area contributed by atoms with E-state index in [0.29, 0.717) is 11.5 Å². The molecule has 10 aromatic rings. The summed E-state index contributed by atoms with van der Waals surface area (Å²) < 4.78 is 16.7. The van der Waals surface area contributed by atoms with Crippen LogP contribution in [0, 0.1) is 18.5 Å². The zero-order valence-electron chi connectivity index (χ0n) is 32.1. The largest absolute Gasteiger partial charge is 0.510 e. The van der Waals surface area contributed by atoms with Gasteiger partial charge in [-0.2, -0.15) is 18.2 Å². The molecule has 3 heterocycles. The molecule has 58 heavy (non-hydrogen) atoms. The van der Waals surface area contributed by atoms with Crippen LogP contribution in [0.4, 0.5) is 0 Å². The first-order valence-electron chi connectivity index (χ1n) is 19.1. The van der Waals surface area contributed by atoms with Crippen molar-refractivity contribution in [3.05, 3.63) is 194 Å². The number of pyridine rings is 1. The van der Waals surface area contributed by atoms with E-state index in [4.69, 9.17) is 14.1 Å². The van der Waals surface area contributed by atoms with E-state index >= 15 is 0 Å². The third-order valence-corrected chi connectivity index (χ3v) is 10.5.